The average molecular weight is 243 g/mol. The summed E-state index contributed by atoms with van der Waals surface area (Å²) in [6.07, 6.45) is -0.300. The SMILES string of the molecule is O=C1CNC(C(=O)N2CCOC(CO)C2)CN1. The highest BCUT2D eigenvalue weighted by Crippen LogP contribution is 2.07. The third-order valence-electron chi connectivity index (χ3n) is 2.96. The maximum absolute atomic E-state index is 12.1. The van der Waals surface area contributed by atoms with Crippen LogP contribution in [0.5, 0.6) is 0 Å². The maximum atomic E-state index is 12.1. The van der Waals surface area contributed by atoms with Crippen molar-refractivity contribution in [3.8, 4) is 0 Å². The van der Waals surface area contributed by atoms with Crippen LogP contribution in [0.1, 0.15) is 0 Å². The van der Waals surface area contributed by atoms with Crippen LogP contribution in [-0.2, 0) is 14.3 Å². The van der Waals surface area contributed by atoms with Crippen molar-refractivity contribution in [2.75, 3.05) is 39.4 Å². The molecule has 2 heterocycles. The van der Waals surface area contributed by atoms with Gasteiger partial charge in [0.05, 0.1) is 25.9 Å². The summed E-state index contributed by atoms with van der Waals surface area (Å²) in [5.41, 5.74) is 0. The minimum absolute atomic E-state index is 0.0493. The van der Waals surface area contributed by atoms with Crippen molar-refractivity contribution in [1.82, 2.24) is 15.5 Å². The Morgan fingerprint density at radius 3 is 3.06 bits per heavy atom. The minimum Gasteiger partial charge on any atom is -0.394 e. The lowest BCUT2D eigenvalue weighted by molar-refractivity contribution is -0.143. The fourth-order valence-corrected chi connectivity index (χ4v) is 1.99. The number of aliphatic hydroxyl groups excluding tert-OH is 1. The molecule has 2 aliphatic heterocycles. The van der Waals surface area contributed by atoms with Crippen LogP contribution in [0.4, 0.5) is 0 Å². The van der Waals surface area contributed by atoms with Crippen LogP contribution in [0, 0.1) is 0 Å². The van der Waals surface area contributed by atoms with E-state index in [-0.39, 0.29) is 37.1 Å². The Labute approximate surface area is 99.1 Å². The summed E-state index contributed by atoms with van der Waals surface area (Å²) in [6, 6.07) is -0.370. The first-order valence-electron chi connectivity index (χ1n) is 5.72. The molecule has 0 saturated carbocycles. The lowest BCUT2D eigenvalue weighted by atomic mass is 10.2. The molecule has 2 unspecified atom stereocenters. The van der Waals surface area contributed by atoms with E-state index in [9.17, 15) is 9.59 Å². The highest BCUT2D eigenvalue weighted by molar-refractivity contribution is 5.86. The van der Waals surface area contributed by atoms with E-state index < -0.39 is 0 Å². The molecule has 7 heteroatoms. The zero-order valence-electron chi connectivity index (χ0n) is 9.52. The first-order chi connectivity index (χ1) is 8.20. The van der Waals surface area contributed by atoms with Crippen molar-refractivity contribution in [1.29, 1.82) is 0 Å². The van der Waals surface area contributed by atoms with Gasteiger partial charge < -0.3 is 20.1 Å². The molecule has 17 heavy (non-hydrogen) atoms. The quantitative estimate of drug-likeness (QED) is 0.491. The molecule has 2 amide bonds. The van der Waals surface area contributed by atoms with Gasteiger partial charge in [-0.25, -0.2) is 0 Å². The van der Waals surface area contributed by atoms with E-state index >= 15 is 0 Å². The molecule has 0 aromatic carbocycles. The molecule has 0 aliphatic carbocycles. The fourth-order valence-electron chi connectivity index (χ4n) is 1.99. The molecule has 0 spiro atoms. The fraction of sp³-hybridized carbons (Fsp3) is 0.800. The Bertz CT molecular complexity index is 300. The van der Waals surface area contributed by atoms with Crippen molar-refractivity contribution >= 4 is 11.8 Å². The summed E-state index contributed by atoms with van der Waals surface area (Å²) in [7, 11) is 0. The molecule has 96 valence electrons. The second kappa shape index (κ2) is 5.44. The number of carbonyl (C=O) groups is 2. The number of piperazine rings is 1. The zero-order chi connectivity index (χ0) is 12.3. The molecule has 2 aliphatic rings. The lowest BCUT2D eigenvalue weighted by Gasteiger charge is -2.35. The Morgan fingerprint density at radius 1 is 1.59 bits per heavy atom. The van der Waals surface area contributed by atoms with Crippen LogP contribution in [0.15, 0.2) is 0 Å². The van der Waals surface area contributed by atoms with Gasteiger partial charge in [-0.2, -0.15) is 0 Å². The third kappa shape index (κ3) is 2.93. The number of nitrogens with zero attached hydrogens (tertiary/aromatic N) is 1. The second-order valence-corrected chi connectivity index (χ2v) is 4.20. The van der Waals surface area contributed by atoms with Crippen molar-refractivity contribution < 1.29 is 19.4 Å². The molecule has 3 N–H and O–H groups in total. The van der Waals surface area contributed by atoms with Gasteiger partial charge in [0.25, 0.3) is 0 Å². The van der Waals surface area contributed by atoms with Gasteiger partial charge in [0.15, 0.2) is 0 Å². The summed E-state index contributed by atoms with van der Waals surface area (Å²) in [5.74, 6) is -0.143. The van der Waals surface area contributed by atoms with Crippen molar-refractivity contribution in [2.45, 2.75) is 12.1 Å². The van der Waals surface area contributed by atoms with Gasteiger partial charge in [0, 0.05) is 19.6 Å². The molecule has 2 saturated heterocycles. The number of rotatable bonds is 2. The normalized spacial score (nSPS) is 29.9. The number of nitrogens with one attached hydrogen (secondary N) is 2. The van der Waals surface area contributed by atoms with Crippen molar-refractivity contribution in [2.24, 2.45) is 0 Å². The van der Waals surface area contributed by atoms with Gasteiger partial charge in [-0.1, -0.05) is 0 Å². The van der Waals surface area contributed by atoms with Gasteiger partial charge in [-0.15, -0.1) is 0 Å². The smallest absolute Gasteiger partial charge is 0.241 e. The lowest BCUT2D eigenvalue weighted by Crippen LogP contribution is -2.60. The maximum Gasteiger partial charge on any atom is 0.241 e. The molecule has 0 aromatic heterocycles. The number of aliphatic hydroxyl groups is 1. The Balaban J connectivity index is 1.88. The molecule has 0 radical (unpaired) electrons. The molecular weight excluding hydrogens is 226 g/mol. The Hall–Kier alpha value is -1.18. The summed E-state index contributed by atoms with van der Waals surface area (Å²) in [5, 5.41) is 14.5. The van der Waals surface area contributed by atoms with Crippen LogP contribution >= 0.6 is 0 Å². The van der Waals surface area contributed by atoms with Crippen LogP contribution < -0.4 is 10.6 Å². The second-order valence-electron chi connectivity index (χ2n) is 4.20. The third-order valence-corrected chi connectivity index (χ3v) is 2.96. The monoisotopic (exact) mass is 243 g/mol. The molecule has 2 rings (SSSR count). The number of morpholine rings is 1. The van der Waals surface area contributed by atoms with E-state index in [2.05, 4.69) is 10.6 Å². The number of carbonyl (C=O) groups excluding carboxylic acids is 2. The summed E-state index contributed by atoms with van der Waals surface area (Å²) in [6.45, 7) is 1.78. The van der Waals surface area contributed by atoms with E-state index in [0.29, 0.717) is 26.2 Å². The van der Waals surface area contributed by atoms with Gasteiger partial charge in [0.1, 0.15) is 6.04 Å². The number of hydrogen-bond acceptors (Lipinski definition) is 5. The van der Waals surface area contributed by atoms with E-state index in [1.165, 1.54) is 0 Å². The first-order valence-corrected chi connectivity index (χ1v) is 5.72. The topological polar surface area (TPSA) is 90.9 Å². The van der Waals surface area contributed by atoms with Crippen LogP contribution in [-0.4, -0.2) is 73.4 Å². The highest BCUT2D eigenvalue weighted by Gasteiger charge is 2.31. The van der Waals surface area contributed by atoms with Crippen LogP contribution in [0.25, 0.3) is 0 Å². The molecule has 0 aromatic rings. The molecule has 2 atom stereocenters. The first kappa shape index (κ1) is 12.3. The largest absolute Gasteiger partial charge is 0.394 e. The van der Waals surface area contributed by atoms with E-state index in [0.717, 1.165) is 0 Å². The average Bonchev–Trinajstić information content (AvgIpc) is 2.39. The number of amides is 2. The van der Waals surface area contributed by atoms with Crippen molar-refractivity contribution in [3.63, 3.8) is 0 Å². The van der Waals surface area contributed by atoms with E-state index in [1.807, 2.05) is 0 Å². The predicted molar refractivity (Wildman–Crippen MR) is 58.2 cm³/mol. The van der Waals surface area contributed by atoms with Crippen molar-refractivity contribution in [3.05, 3.63) is 0 Å². The zero-order valence-corrected chi connectivity index (χ0v) is 9.52. The number of ether oxygens (including phenoxy) is 1. The molecule has 2 fully saturated rings. The van der Waals surface area contributed by atoms with Crippen LogP contribution in [0.3, 0.4) is 0 Å². The summed E-state index contributed by atoms with van der Waals surface area (Å²) < 4.78 is 5.28. The molecule has 0 bridgehead atoms. The summed E-state index contributed by atoms with van der Waals surface area (Å²) in [4.78, 5) is 24.7. The van der Waals surface area contributed by atoms with Gasteiger partial charge in [0.2, 0.25) is 11.8 Å². The van der Waals surface area contributed by atoms with E-state index in [4.69, 9.17) is 9.84 Å². The van der Waals surface area contributed by atoms with Gasteiger partial charge >= 0.3 is 0 Å². The predicted octanol–water partition coefficient (Wildman–Crippen LogP) is -2.71. The van der Waals surface area contributed by atoms with E-state index in [1.54, 1.807) is 4.90 Å². The summed E-state index contributed by atoms with van der Waals surface area (Å²) >= 11 is 0. The minimum atomic E-state index is -0.370. The molecular formula is C10H17N3O4. The Kier molecular flexibility index (Phi) is 3.93. The Morgan fingerprint density at radius 2 is 2.41 bits per heavy atom. The van der Waals surface area contributed by atoms with Gasteiger partial charge in [-0.05, 0) is 0 Å². The standard InChI is InChI=1S/C10H17N3O4/c14-6-7-5-13(1-2-17-7)10(16)8-3-12-9(15)4-11-8/h7-8,11,14H,1-6H2,(H,12,15). The molecule has 7 nitrogen and oxygen atoms in total. The van der Waals surface area contributed by atoms with Gasteiger partial charge in [-0.3, -0.25) is 14.9 Å². The number of hydrogen-bond donors (Lipinski definition) is 3. The van der Waals surface area contributed by atoms with Crippen LogP contribution in [0.2, 0.25) is 0 Å². The highest BCUT2D eigenvalue weighted by atomic mass is 16.5.